The molecule has 5 nitrogen and oxygen atoms in total. The Morgan fingerprint density at radius 3 is 2.62 bits per heavy atom. The molecule has 1 aromatic carbocycles. The minimum Gasteiger partial charge on any atom is -0.370 e. The molecular weight excluding hydrogens is 398 g/mol. The number of unbranched alkanes of at least 4 members (excludes halogenated alkanes) is 1. The number of ketones is 2. The van der Waals surface area contributed by atoms with Crippen LogP contribution in [-0.2, 0) is 22.4 Å². The Balaban J connectivity index is 1.20. The van der Waals surface area contributed by atoms with Gasteiger partial charge in [0.2, 0.25) is 0 Å². The first kappa shape index (κ1) is 22.7. The summed E-state index contributed by atoms with van der Waals surface area (Å²) in [5.41, 5.74) is 3.49. The van der Waals surface area contributed by atoms with E-state index in [1.807, 2.05) is 30.3 Å². The summed E-state index contributed by atoms with van der Waals surface area (Å²) < 4.78 is 0. The molecule has 32 heavy (non-hydrogen) atoms. The van der Waals surface area contributed by atoms with Gasteiger partial charge in [0, 0.05) is 24.6 Å². The molecule has 1 unspecified atom stereocenters. The van der Waals surface area contributed by atoms with Crippen LogP contribution < -0.4 is 5.32 Å². The van der Waals surface area contributed by atoms with E-state index in [4.69, 9.17) is 4.98 Å². The number of carbonyl (C=O) groups is 2. The van der Waals surface area contributed by atoms with E-state index in [-0.39, 0.29) is 17.7 Å². The topological polar surface area (TPSA) is 62.3 Å². The predicted octanol–water partition coefficient (Wildman–Crippen LogP) is 4.76. The molecule has 2 aliphatic heterocycles. The van der Waals surface area contributed by atoms with E-state index >= 15 is 0 Å². The normalized spacial score (nSPS) is 17.9. The SMILES string of the molecule is CC(=O)C(c1ccccc1)N1CCC(C(=O)CCCCc2ccc3c(n2)NCCC3)CC1. The molecule has 1 atom stereocenters. The highest BCUT2D eigenvalue weighted by Crippen LogP contribution is 2.29. The zero-order chi connectivity index (χ0) is 22.3. The Labute approximate surface area is 191 Å². The largest absolute Gasteiger partial charge is 0.370 e. The van der Waals surface area contributed by atoms with Crippen molar-refractivity contribution in [3.05, 3.63) is 59.3 Å². The summed E-state index contributed by atoms with van der Waals surface area (Å²) in [7, 11) is 0. The number of aryl methyl sites for hydroxylation is 2. The zero-order valence-electron chi connectivity index (χ0n) is 19.2. The van der Waals surface area contributed by atoms with E-state index in [0.29, 0.717) is 12.2 Å². The fourth-order valence-corrected chi connectivity index (χ4v) is 5.14. The quantitative estimate of drug-likeness (QED) is 0.578. The fourth-order valence-electron chi connectivity index (χ4n) is 5.14. The minimum absolute atomic E-state index is 0.140. The van der Waals surface area contributed by atoms with Crippen molar-refractivity contribution in [1.82, 2.24) is 9.88 Å². The number of fused-ring (bicyclic) bond motifs is 1. The van der Waals surface area contributed by atoms with E-state index < -0.39 is 0 Å². The van der Waals surface area contributed by atoms with Crippen LogP contribution in [0.15, 0.2) is 42.5 Å². The summed E-state index contributed by atoms with van der Waals surface area (Å²) >= 11 is 0. The second-order valence-corrected chi connectivity index (χ2v) is 9.25. The van der Waals surface area contributed by atoms with Gasteiger partial charge in [0.15, 0.2) is 5.78 Å². The van der Waals surface area contributed by atoms with Gasteiger partial charge in [-0.15, -0.1) is 0 Å². The summed E-state index contributed by atoms with van der Waals surface area (Å²) in [6, 6.07) is 14.1. The molecule has 1 saturated heterocycles. The number of benzene rings is 1. The van der Waals surface area contributed by atoms with Crippen molar-refractivity contribution < 1.29 is 9.59 Å². The number of carbonyl (C=O) groups excluding carboxylic acids is 2. The van der Waals surface area contributed by atoms with Crippen LogP contribution in [0.4, 0.5) is 5.82 Å². The molecule has 0 radical (unpaired) electrons. The number of Topliss-reactive ketones (excluding diaryl/α,β-unsaturated/α-hetero) is 2. The fraction of sp³-hybridized carbons (Fsp3) is 0.519. The molecule has 5 heteroatoms. The van der Waals surface area contributed by atoms with Gasteiger partial charge in [-0.3, -0.25) is 14.5 Å². The van der Waals surface area contributed by atoms with Crippen LogP contribution in [0.1, 0.15) is 68.3 Å². The number of piperidine rings is 1. The summed E-state index contributed by atoms with van der Waals surface area (Å²) in [6.45, 7) is 4.29. The molecule has 0 amide bonds. The van der Waals surface area contributed by atoms with Gasteiger partial charge in [0.25, 0.3) is 0 Å². The highest BCUT2D eigenvalue weighted by molar-refractivity contribution is 5.83. The average Bonchev–Trinajstić information content (AvgIpc) is 2.82. The Bertz CT molecular complexity index is 920. The van der Waals surface area contributed by atoms with Gasteiger partial charge in [0.05, 0.1) is 6.04 Å². The number of rotatable bonds is 9. The number of hydrogen-bond acceptors (Lipinski definition) is 5. The summed E-state index contributed by atoms with van der Waals surface area (Å²) in [4.78, 5) is 32.1. The standard InChI is InChI=1S/C27H35N3O2/c1-20(31)26(22-8-3-2-4-9-22)30-18-15-21(16-19-30)25(32)12-6-5-11-24-14-13-23-10-7-17-28-27(23)29-24/h2-4,8-9,13-14,21,26H,5-7,10-12,15-19H2,1H3,(H,28,29). The monoisotopic (exact) mass is 433 g/mol. The van der Waals surface area contributed by atoms with Crippen molar-refractivity contribution in [2.45, 2.75) is 64.3 Å². The summed E-state index contributed by atoms with van der Waals surface area (Å²) in [6.07, 6.45) is 7.50. The first-order valence-electron chi connectivity index (χ1n) is 12.2. The number of aromatic nitrogens is 1. The van der Waals surface area contributed by atoms with Crippen molar-refractivity contribution in [1.29, 1.82) is 0 Å². The molecule has 1 N–H and O–H groups in total. The van der Waals surface area contributed by atoms with Gasteiger partial charge in [-0.2, -0.15) is 0 Å². The molecule has 170 valence electrons. The molecular formula is C27H35N3O2. The van der Waals surface area contributed by atoms with Gasteiger partial charge in [-0.1, -0.05) is 36.4 Å². The maximum absolute atomic E-state index is 12.8. The highest BCUT2D eigenvalue weighted by atomic mass is 16.1. The van der Waals surface area contributed by atoms with Crippen molar-refractivity contribution in [3.8, 4) is 0 Å². The molecule has 1 aromatic heterocycles. The number of pyridine rings is 1. The Hall–Kier alpha value is -2.53. The van der Waals surface area contributed by atoms with Crippen LogP contribution in [0.3, 0.4) is 0 Å². The van der Waals surface area contributed by atoms with E-state index in [2.05, 4.69) is 22.3 Å². The van der Waals surface area contributed by atoms with Crippen molar-refractivity contribution in [2.75, 3.05) is 25.0 Å². The lowest BCUT2D eigenvalue weighted by Gasteiger charge is -2.36. The Kier molecular flexibility index (Phi) is 7.69. The lowest BCUT2D eigenvalue weighted by Crippen LogP contribution is -2.41. The smallest absolute Gasteiger partial charge is 0.151 e. The molecule has 0 spiro atoms. The van der Waals surface area contributed by atoms with Gasteiger partial charge in [-0.25, -0.2) is 4.98 Å². The van der Waals surface area contributed by atoms with Crippen LogP contribution in [0.2, 0.25) is 0 Å². The third-order valence-electron chi connectivity index (χ3n) is 6.91. The maximum Gasteiger partial charge on any atom is 0.151 e. The second kappa shape index (κ2) is 10.9. The van der Waals surface area contributed by atoms with Crippen LogP contribution in [0, 0.1) is 5.92 Å². The van der Waals surface area contributed by atoms with E-state index in [0.717, 1.165) is 75.2 Å². The minimum atomic E-state index is -0.189. The molecule has 1 fully saturated rings. The first-order valence-corrected chi connectivity index (χ1v) is 12.2. The molecule has 0 saturated carbocycles. The lowest BCUT2D eigenvalue weighted by atomic mass is 9.88. The molecule has 0 aliphatic carbocycles. The van der Waals surface area contributed by atoms with Gasteiger partial charge >= 0.3 is 0 Å². The van der Waals surface area contributed by atoms with Gasteiger partial charge in [0.1, 0.15) is 11.6 Å². The average molecular weight is 434 g/mol. The molecule has 3 heterocycles. The molecule has 0 bridgehead atoms. The van der Waals surface area contributed by atoms with Crippen LogP contribution in [-0.4, -0.2) is 41.1 Å². The van der Waals surface area contributed by atoms with Crippen molar-refractivity contribution in [3.63, 3.8) is 0 Å². The summed E-state index contributed by atoms with van der Waals surface area (Å²) in [5.74, 6) is 1.76. The number of nitrogens with zero attached hydrogens (tertiary/aromatic N) is 2. The number of hydrogen-bond donors (Lipinski definition) is 1. The molecule has 2 aromatic rings. The summed E-state index contributed by atoms with van der Waals surface area (Å²) in [5, 5.41) is 3.39. The van der Waals surface area contributed by atoms with Crippen LogP contribution >= 0.6 is 0 Å². The second-order valence-electron chi connectivity index (χ2n) is 9.25. The Morgan fingerprint density at radius 1 is 1.09 bits per heavy atom. The third kappa shape index (κ3) is 5.63. The molecule has 4 rings (SSSR count). The van der Waals surface area contributed by atoms with Crippen LogP contribution in [0.25, 0.3) is 0 Å². The third-order valence-corrected chi connectivity index (χ3v) is 6.91. The lowest BCUT2D eigenvalue weighted by molar-refractivity contribution is -0.126. The van der Waals surface area contributed by atoms with E-state index in [9.17, 15) is 9.59 Å². The predicted molar refractivity (Wildman–Crippen MR) is 128 cm³/mol. The van der Waals surface area contributed by atoms with E-state index in [1.165, 1.54) is 12.0 Å². The van der Waals surface area contributed by atoms with Gasteiger partial charge < -0.3 is 5.32 Å². The number of nitrogens with one attached hydrogen (secondary N) is 1. The van der Waals surface area contributed by atoms with Crippen LogP contribution in [0.5, 0.6) is 0 Å². The Morgan fingerprint density at radius 2 is 1.88 bits per heavy atom. The number of anilines is 1. The first-order chi connectivity index (χ1) is 15.6. The van der Waals surface area contributed by atoms with Crippen molar-refractivity contribution >= 4 is 17.4 Å². The maximum atomic E-state index is 12.8. The van der Waals surface area contributed by atoms with E-state index in [1.54, 1.807) is 6.92 Å². The zero-order valence-corrected chi connectivity index (χ0v) is 19.2. The molecule has 2 aliphatic rings. The number of likely N-dealkylation sites (tertiary alicyclic amines) is 1. The van der Waals surface area contributed by atoms with Crippen molar-refractivity contribution in [2.24, 2.45) is 5.92 Å². The van der Waals surface area contributed by atoms with Gasteiger partial charge in [-0.05, 0) is 82.2 Å². The highest BCUT2D eigenvalue weighted by Gasteiger charge is 2.31.